The average Bonchev–Trinajstić information content (AvgIpc) is 3.01. The number of rotatable bonds is 4. The standard InChI is InChI=1S/C18H16F3N3O2S/c1-10-3-5-13(7-11(10)2)24-16(9-15(23-24)18(20)21)12-4-6-17(14(19)8-12)27(22,25)26/h3-9,18H,1-2H3,(H2,22,25,26). The normalized spacial score (nSPS) is 12.0. The van der Waals surface area contributed by atoms with Crippen LogP contribution in [-0.2, 0) is 10.0 Å². The van der Waals surface area contributed by atoms with Crippen molar-refractivity contribution in [3.8, 4) is 16.9 Å². The quantitative estimate of drug-likeness (QED) is 0.728. The molecule has 0 saturated heterocycles. The van der Waals surface area contributed by atoms with Crippen molar-refractivity contribution in [1.29, 1.82) is 0 Å². The second kappa shape index (κ2) is 6.82. The number of alkyl halides is 2. The van der Waals surface area contributed by atoms with Crippen LogP contribution in [0.4, 0.5) is 13.2 Å². The number of hydrogen-bond donors (Lipinski definition) is 1. The molecule has 0 aliphatic heterocycles. The number of benzene rings is 2. The van der Waals surface area contributed by atoms with Crippen molar-refractivity contribution in [2.45, 2.75) is 25.2 Å². The lowest BCUT2D eigenvalue weighted by molar-refractivity contribution is 0.145. The number of halogens is 3. The summed E-state index contributed by atoms with van der Waals surface area (Å²) in [5.74, 6) is -1.07. The van der Waals surface area contributed by atoms with Crippen LogP contribution in [0.25, 0.3) is 16.9 Å². The van der Waals surface area contributed by atoms with Crippen molar-refractivity contribution < 1.29 is 21.6 Å². The van der Waals surface area contributed by atoms with Gasteiger partial charge in [0.15, 0.2) is 0 Å². The highest BCUT2D eigenvalue weighted by Gasteiger charge is 2.20. The average molecular weight is 395 g/mol. The first-order valence-corrected chi connectivity index (χ1v) is 9.41. The molecule has 27 heavy (non-hydrogen) atoms. The molecule has 142 valence electrons. The Labute approximate surface area is 154 Å². The minimum absolute atomic E-state index is 0.192. The SMILES string of the molecule is Cc1ccc(-n2nc(C(F)F)cc2-c2ccc(S(N)(=O)=O)c(F)c2)cc1C. The Morgan fingerprint density at radius 3 is 2.30 bits per heavy atom. The molecule has 0 amide bonds. The van der Waals surface area contributed by atoms with Gasteiger partial charge in [-0.3, -0.25) is 0 Å². The van der Waals surface area contributed by atoms with Gasteiger partial charge in [0.25, 0.3) is 6.43 Å². The van der Waals surface area contributed by atoms with Crippen LogP contribution in [0.3, 0.4) is 0 Å². The summed E-state index contributed by atoms with van der Waals surface area (Å²) in [5.41, 5.74) is 2.40. The molecule has 0 aliphatic carbocycles. The maximum Gasteiger partial charge on any atom is 0.282 e. The lowest BCUT2D eigenvalue weighted by Crippen LogP contribution is -2.14. The fourth-order valence-corrected chi connectivity index (χ4v) is 3.25. The molecule has 0 saturated carbocycles. The van der Waals surface area contributed by atoms with Crippen molar-refractivity contribution >= 4 is 10.0 Å². The second-order valence-corrected chi connectivity index (χ2v) is 7.66. The van der Waals surface area contributed by atoms with Crippen molar-refractivity contribution in [3.05, 3.63) is 65.1 Å². The number of hydrogen-bond acceptors (Lipinski definition) is 3. The van der Waals surface area contributed by atoms with E-state index in [0.717, 1.165) is 29.3 Å². The Kier molecular flexibility index (Phi) is 4.83. The zero-order chi connectivity index (χ0) is 19.9. The summed E-state index contributed by atoms with van der Waals surface area (Å²) in [7, 11) is -4.23. The third kappa shape index (κ3) is 3.74. The van der Waals surface area contributed by atoms with E-state index in [1.165, 1.54) is 10.7 Å². The van der Waals surface area contributed by atoms with Crippen molar-refractivity contribution in [1.82, 2.24) is 9.78 Å². The van der Waals surface area contributed by atoms with E-state index in [0.29, 0.717) is 5.69 Å². The fourth-order valence-electron chi connectivity index (χ4n) is 2.66. The van der Waals surface area contributed by atoms with Gasteiger partial charge in [0, 0.05) is 5.56 Å². The van der Waals surface area contributed by atoms with Gasteiger partial charge in [-0.25, -0.2) is 31.4 Å². The van der Waals surface area contributed by atoms with E-state index in [9.17, 15) is 21.6 Å². The van der Waals surface area contributed by atoms with Crippen molar-refractivity contribution in [2.75, 3.05) is 0 Å². The van der Waals surface area contributed by atoms with Gasteiger partial charge in [-0.1, -0.05) is 12.1 Å². The topological polar surface area (TPSA) is 78.0 Å². The minimum atomic E-state index is -4.23. The lowest BCUT2D eigenvalue weighted by atomic mass is 10.1. The van der Waals surface area contributed by atoms with E-state index in [4.69, 9.17) is 5.14 Å². The van der Waals surface area contributed by atoms with Gasteiger partial charge in [0.05, 0.1) is 11.4 Å². The van der Waals surface area contributed by atoms with Gasteiger partial charge in [-0.2, -0.15) is 5.10 Å². The van der Waals surface area contributed by atoms with E-state index in [2.05, 4.69) is 5.10 Å². The van der Waals surface area contributed by atoms with Crippen LogP contribution in [0.2, 0.25) is 0 Å². The summed E-state index contributed by atoms with van der Waals surface area (Å²) in [6.07, 6.45) is -2.81. The van der Waals surface area contributed by atoms with Crippen LogP contribution in [0.15, 0.2) is 47.4 Å². The van der Waals surface area contributed by atoms with Gasteiger partial charge < -0.3 is 0 Å². The zero-order valence-corrected chi connectivity index (χ0v) is 15.3. The van der Waals surface area contributed by atoms with Crippen LogP contribution in [0, 0.1) is 19.7 Å². The number of aromatic nitrogens is 2. The van der Waals surface area contributed by atoms with E-state index < -0.39 is 32.9 Å². The largest absolute Gasteiger partial charge is 0.282 e. The van der Waals surface area contributed by atoms with Gasteiger partial charge in [0.1, 0.15) is 16.4 Å². The highest BCUT2D eigenvalue weighted by molar-refractivity contribution is 7.89. The van der Waals surface area contributed by atoms with Crippen LogP contribution < -0.4 is 5.14 Å². The predicted molar refractivity (Wildman–Crippen MR) is 94.8 cm³/mol. The van der Waals surface area contributed by atoms with Crippen LogP contribution in [0.5, 0.6) is 0 Å². The van der Waals surface area contributed by atoms with Gasteiger partial charge in [-0.05, 0) is 55.3 Å². The molecule has 3 aromatic rings. The third-order valence-corrected chi connectivity index (χ3v) is 5.17. The van der Waals surface area contributed by atoms with Crippen LogP contribution >= 0.6 is 0 Å². The Balaban J connectivity index is 2.20. The highest BCUT2D eigenvalue weighted by Crippen LogP contribution is 2.30. The molecule has 0 spiro atoms. The van der Waals surface area contributed by atoms with E-state index in [1.54, 1.807) is 12.1 Å². The summed E-state index contributed by atoms with van der Waals surface area (Å²) in [6.45, 7) is 3.78. The molecule has 1 aromatic heterocycles. The summed E-state index contributed by atoms with van der Waals surface area (Å²) in [4.78, 5) is -0.669. The molecule has 2 aromatic carbocycles. The Morgan fingerprint density at radius 1 is 1.04 bits per heavy atom. The van der Waals surface area contributed by atoms with Crippen molar-refractivity contribution in [3.63, 3.8) is 0 Å². The molecule has 0 atom stereocenters. The van der Waals surface area contributed by atoms with E-state index in [-0.39, 0.29) is 11.3 Å². The molecule has 0 unspecified atom stereocenters. The molecular formula is C18H16F3N3O2S. The Bertz CT molecular complexity index is 1120. The minimum Gasteiger partial charge on any atom is -0.233 e. The molecule has 9 heteroatoms. The van der Waals surface area contributed by atoms with Gasteiger partial charge in [0.2, 0.25) is 10.0 Å². The number of nitrogens with two attached hydrogens (primary N) is 1. The summed E-state index contributed by atoms with van der Waals surface area (Å²) < 4.78 is 64.6. The molecule has 0 radical (unpaired) electrons. The molecule has 0 aliphatic rings. The smallest absolute Gasteiger partial charge is 0.233 e. The Morgan fingerprint density at radius 2 is 1.74 bits per heavy atom. The Hall–Kier alpha value is -2.65. The predicted octanol–water partition coefficient (Wildman–Crippen LogP) is 3.88. The van der Waals surface area contributed by atoms with Crippen LogP contribution in [0.1, 0.15) is 23.2 Å². The van der Waals surface area contributed by atoms with Gasteiger partial charge >= 0.3 is 0 Å². The first-order chi connectivity index (χ1) is 12.6. The molecule has 1 heterocycles. The second-order valence-electron chi connectivity index (χ2n) is 6.13. The first kappa shape index (κ1) is 19.1. The number of primary sulfonamides is 1. The fraction of sp³-hybridized carbons (Fsp3) is 0.167. The van der Waals surface area contributed by atoms with Crippen molar-refractivity contribution in [2.24, 2.45) is 5.14 Å². The van der Waals surface area contributed by atoms with E-state index in [1.807, 2.05) is 19.9 Å². The maximum atomic E-state index is 14.2. The molecular weight excluding hydrogens is 379 g/mol. The third-order valence-electron chi connectivity index (χ3n) is 4.22. The summed E-state index contributed by atoms with van der Waals surface area (Å²) in [6, 6.07) is 9.68. The summed E-state index contributed by atoms with van der Waals surface area (Å²) in [5, 5.41) is 8.89. The summed E-state index contributed by atoms with van der Waals surface area (Å²) >= 11 is 0. The molecule has 0 fully saturated rings. The number of nitrogens with zero attached hydrogens (tertiary/aromatic N) is 2. The van der Waals surface area contributed by atoms with E-state index >= 15 is 0 Å². The highest BCUT2D eigenvalue weighted by atomic mass is 32.2. The maximum absolute atomic E-state index is 14.2. The molecule has 0 bridgehead atoms. The number of sulfonamides is 1. The number of aryl methyl sites for hydroxylation is 2. The molecule has 3 rings (SSSR count). The lowest BCUT2D eigenvalue weighted by Gasteiger charge is -2.10. The molecule has 2 N–H and O–H groups in total. The van der Waals surface area contributed by atoms with Crippen LogP contribution in [-0.4, -0.2) is 18.2 Å². The van der Waals surface area contributed by atoms with Gasteiger partial charge in [-0.15, -0.1) is 0 Å². The first-order valence-electron chi connectivity index (χ1n) is 7.86. The zero-order valence-electron chi connectivity index (χ0n) is 14.4. The molecule has 5 nitrogen and oxygen atoms in total. The monoisotopic (exact) mass is 395 g/mol.